The first-order chi connectivity index (χ1) is 12.7. The molecule has 1 unspecified atom stereocenters. The number of fused-ring (bicyclic) bond motifs is 1. The van der Waals surface area contributed by atoms with E-state index in [0.29, 0.717) is 11.4 Å². The van der Waals surface area contributed by atoms with Crippen LogP contribution in [-0.4, -0.2) is 10.8 Å². The largest absolute Gasteiger partial charge is 0.361 e. The van der Waals surface area contributed by atoms with Gasteiger partial charge < -0.3 is 4.98 Å². The second kappa shape index (κ2) is 7.19. The van der Waals surface area contributed by atoms with E-state index in [9.17, 15) is 4.79 Å². The Bertz CT molecular complexity index is 1040. The minimum Gasteiger partial charge on any atom is -0.361 e. The predicted octanol–water partition coefficient (Wildman–Crippen LogP) is 6.23. The molecule has 26 heavy (non-hydrogen) atoms. The minimum absolute atomic E-state index is 0.0150. The van der Waals surface area contributed by atoms with Crippen molar-refractivity contribution < 1.29 is 4.79 Å². The number of halogens is 1. The molecule has 0 bridgehead atoms. The first-order valence-electron chi connectivity index (χ1n) is 8.62. The molecule has 4 rings (SSSR count). The van der Waals surface area contributed by atoms with Crippen LogP contribution in [0.15, 0.2) is 85.1 Å². The van der Waals surface area contributed by atoms with Gasteiger partial charge in [0.25, 0.3) is 0 Å². The maximum absolute atomic E-state index is 12.9. The number of H-pyrrole nitrogens is 1. The molecule has 1 heterocycles. The quantitative estimate of drug-likeness (QED) is 0.421. The molecule has 0 fully saturated rings. The average molecular weight is 360 g/mol. The Hall–Kier alpha value is -2.84. The second-order valence-electron chi connectivity index (χ2n) is 6.39. The van der Waals surface area contributed by atoms with Crippen LogP contribution >= 0.6 is 11.6 Å². The summed E-state index contributed by atoms with van der Waals surface area (Å²) >= 11 is 6.11. The SMILES string of the molecule is O=C(CC(c1ccccc1)c1c[nH]c2cc(Cl)ccc12)c1ccccc1. The predicted molar refractivity (Wildman–Crippen MR) is 107 cm³/mol. The van der Waals surface area contributed by atoms with E-state index in [1.54, 1.807) is 0 Å². The number of carbonyl (C=O) groups is 1. The second-order valence-corrected chi connectivity index (χ2v) is 6.83. The van der Waals surface area contributed by atoms with Crippen LogP contribution in [0.2, 0.25) is 5.02 Å². The zero-order valence-corrected chi connectivity index (χ0v) is 14.9. The van der Waals surface area contributed by atoms with Crippen LogP contribution < -0.4 is 0 Å². The third-order valence-corrected chi connectivity index (χ3v) is 4.97. The van der Waals surface area contributed by atoms with Gasteiger partial charge in [-0.2, -0.15) is 0 Å². The summed E-state index contributed by atoms with van der Waals surface area (Å²) in [7, 11) is 0. The number of rotatable bonds is 5. The van der Waals surface area contributed by atoms with Crippen molar-refractivity contribution in [1.82, 2.24) is 4.98 Å². The minimum atomic E-state index is -0.0150. The van der Waals surface area contributed by atoms with Gasteiger partial charge in [0.15, 0.2) is 5.78 Å². The number of Topliss-reactive ketones (excluding diaryl/α,β-unsaturated/α-hetero) is 1. The van der Waals surface area contributed by atoms with Gasteiger partial charge in [-0.25, -0.2) is 0 Å². The highest BCUT2D eigenvalue weighted by Crippen LogP contribution is 2.35. The molecule has 0 aliphatic carbocycles. The van der Waals surface area contributed by atoms with Gasteiger partial charge in [0, 0.05) is 40.0 Å². The maximum atomic E-state index is 12.9. The van der Waals surface area contributed by atoms with Gasteiger partial charge in [0.05, 0.1) is 0 Å². The Balaban J connectivity index is 1.77. The lowest BCUT2D eigenvalue weighted by molar-refractivity contribution is 0.0978. The topological polar surface area (TPSA) is 32.9 Å². The van der Waals surface area contributed by atoms with E-state index in [1.165, 1.54) is 0 Å². The standard InChI is InChI=1S/C23H18ClNO/c24-18-11-12-19-21(15-25-22(19)13-18)20(16-7-3-1-4-8-16)14-23(26)17-9-5-2-6-10-17/h1-13,15,20,25H,14H2. The Morgan fingerprint density at radius 1 is 0.923 bits per heavy atom. The van der Waals surface area contributed by atoms with Crippen molar-refractivity contribution in [3.8, 4) is 0 Å². The van der Waals surface area contributed by atoms with Gasteiger partial charge >= 0.3 is 0 Å². The Morgan fingerprint density at radius 3 is 2.35 bits per heavy atom. The molecule has 1 N–H and O–H groups in total. The van der Waals surface area contributed by atoms with Crippen molar-refractivity contribution in [2.24, 2.45) is 0 Å². The molecule has 4 aromatic rings. The lowest BCUT2D eigenvalue weighted by Gasteiger charge is -2.17. The summed E-state index contributed by atoms with van der Waals surface area (Å²) < 4.78 is 0. The fourth-order valence-corrected chi connectivity index (χ4v) is 3.60. The van der Waals surface area contributed by atoms with Crippen molar-refractivity contribution in [2.45, 2.75) is 12.3 Å². The molecule has 1 aromatic heterocycles. The van der Waals surface area contributed by atoms with Crippen molar-refractivity contribution in [1.29, 1.82) is 0 Å². The van der Waals surface area contributed by atoms with Crippen molar-refractivity contribution in [3.05, 3.63) is 107 Å². The monoisotopic (exact) mass is 359 g/mol. The van der Waals surface area contributed by atoms with Gasteiger partial charge in [-0.05, 0) is 23.3 Å². The number of hydrogen-bond donors (Lipinski definition) is 1. The molecule has 3 heteroatoms. The van der Waals surface area contributed by atoms with Gasteiger partial charge in [-0.15, -0.1) is 0 Å². The molecule has 0 aliphatic heterocycles. The summed E-state index contributed by atoms with van der Waals surface area (Å²) in [4.78, 5) is 16.2. The maximum Gasteiger partial charge on any atom is 0.163 e. The molecule has 0 saturated carbocycles. The molecule has 128 valence electrons. The van der Waals surface area contributed by atoms with E-state index in [4.69, 9.17) is 11.6 Å². The summed E-state index contributed by atoms with van der Waals surface area (Å²) in [5.74, 6) is 0.126. The molecule has 0 radical (unpaired) electrons. The van der Waals surface area contributed by atoms with Crippen LogP contribution in [0.3, 0.4) is 0 Å². The molecule has 0 saturated heterocycles. The summed E-state index contributed by atoms with van der Waals surface area (Å²) in [5.41, 5.74) is 3.98. The molecule has 0 amide bonds. The van der Waals surface area contributed by atoms with E-state index in [0.717, 1.165) is 27.6 Å². The molecular weight excluding hydrogens is 342 g/mol. The highest BCUT2D eigenvalue weighted by molar-refractivity contribution is 6.31. The highest BCUT2D eigenvalue weighted by atomic mass is 35.5. The van der Waals surface area contributed by atoms with E-state index in [2.05, 4.69) is 17.1 Å². The van der Waals surface area contributed by atoms with Gasteiger partial charge in [0.1, 0.15) is 0 Å². The number of carbonyl (C=O) groups excluding carboxylic acids is 1. The third kappa shape index (κ3) is 3.29. The molecule has 1 atom stereocenters. The van der Waals surface area contributed by atoms with Crippen LogP contribution in [0.5, 0.6) is 0 Å². The fourth-order valence-electron chi connectivity index (χ4n) is 3.43. The van der Waals surface area contributed by atoms with E-state index >= 15 is 0 Å². The highest BCUT2D eigenvalue weighted by Gasteiger charge is 2.22. The van der Waals surface area contributed by atoms with Crippen LogP contribution in [0.25, 0.3) is 10.9 Å². The lowest BCUT2D eigenvalue weighted by Crippen LogP contribution is -2.09. The van der Waals surface area contributed by atoms with E-state index < -0.39 is 0 Å². The van der Waals surface area contributed by atoms with Crippen LogP contribution in [0.1, 0.15) is 33.8 Å². The average Bonchev–Trinajstić information content (AvgIpc) is 3.10. The van der Waals surface area contributed by atoms with E-state index in [-0.39, 0.29) is 11.7 Å². The number of aromatic amines is 1. The molecule has 0 spiro atoms. The van der Waals surface area contributed by atoms with Crippen molar-refractivity contribution in [2.75, 3.05) is 0 Å². The van der Waals surface area contributed by atoms with Crippen molar-refractivity contribution in [3.63, 3.8) is 0 Å². The number of hydrogen-bond acceptors (Lipinski definition) is 1. The van der Waals surface area contributed by atoms with Crippen LogP contribution in [0, 0.1) is 0 Å². The molecule has 3 aromatic carbocycles. The zero-order chi connectivity index (χ0) is 17.9. The molecule has 0 aliphatic rings. The normalized spacial score (nSPS) is 12.2. The Labute approximate surface area is 157 Å². The summed E-state index contributed by atoms with van der Waals surface area (Å²) in [5, 5.41) is 1.80. The lowest BCUT2D eigenvalue weighted by atomic mass is 9.85. The number of nitrogens with one attached hydrogen (secondary N) is 1. The Kier molecular flexibility index (Phi) is 4.59. The zero-order valence-electron chi connectivity index (χ0n) is 14.2. The van der Waals surface area contributed by atoms with E-state index in [1.807, 2.05) is 72.9 Å². The number of aromatic nitrogens is 1. The smallest absolute Gasteiger partial charge is 0.163 e. The Morgan fingerprint density at radius 2 is 1.62 bits per heavy atom. The third-order valence-electron chi connectivity index (χ3n) is 4.74. The summed E-state index contributed by atoms with van der Waals surface area (Å²) in [6.45, 7) is 0. The number of benzene rings is 3. The fraction of sp³-hybridized carbons (Fsp3) is 0.0870. The molecular formula is C23H18ClNO. The first kappa shape index (κ1) is 16.6. The summed E-state index contributed by atoms with van der Waals surface area (Å²) in [6.07, 6.45) is 2.42. The van der Waals surface area contributed by atoms with Crippen molar-refractivity contribution >= 4 is 28.3 Å². The van der Waals surface area contributed by atoms with Gasteiger partial charge in [0.2, 0.25) is 0 Å². The van der Waals surface area contributed by atoms with Gasteiger partial charge in [-0.3, -0.25) is 4.79 Å². The van der Waals surface area contributed by atoms with Gasteiger partial charge in [-0.1, -0.05) is 78.3 Å². The van der Waals surface area contributed by atoms with Crippen LogP contribution in [0.4, 0.5) is 0 Å². The van der Waals surface area contributed by atoms with Crippen LogP contribution in [-0.2, 0) is 0 Å². The molecule has 2 nitrogen and oxygen atoms in total. The first-order valence-corrected chi connectivity index (χ1v) is 9.00. The number of ketones is 1. The summed E-state index contributed by atoms with van der Waals surface area (Å²) in [6, 6.07) is 25.5.